The van der Waals surface area contributed by atoms with Crippen molar-refractivity contribution in [2.75, 3.05) is 13.2 Å². The molecular formula is C26H22F3N3O3. The van der Waals surface area contributed by atoms with Crippen molar-refractivity contribution >= 4 is 16.9 Å². The molecule has 1 aliphatic heterocycles. The molecule has 180 valence electrons. The number of benzene rings is 2. The first-order valence-corrected chi connectivity index (χ1v) is 11.1. The van der Waals surface area contributed by atoms with Crippen molar-refractivity contribution in [3.05, 3.63) is 77.5 Å². The van der Waals surface area contributed by atoms with Crippen molar-refractivity contribution in [2.45, 2.75) is 25.2 Å². The van der Waals surface area contributed by atoms with Crippen LogP contribution in [0.2, 0.25) is 0 Å². The predicted octanol–water partition coefficient (Wildman–Crippen LogP) is 4.98. The molecule has 3 N–H and O–H groups in total. The number of furan rings is 1. The van der Waals surface area contributed by atoms with E-state index in [1.165, 1.54) is 6.07 Å². The average Bonchev–Trinajstić information content (AvgIpc) is 3.46. The number of amides is 1. The minimum atomic E-state index is -4.52. The van der Waals surface area contributed by atoms with E-state index < -0.39 is 18.6 Å². The second-order valence-electron chi connectivity index (χ2n) is 8.40. The minimum Gasteiger partial charge on any atom is -0.456 e. The fraction of sp³-hybridized carbons (Fsp3) is 0.231. The molecule has 1 aliphatic rings. The fourth-order valence-electron chi connectivity index (χ4n) is 4.40. The number of rotatable bonds is 6. The highest BCUT2D eigenvalue weighted by Gasteiger charge is 2.31. The summed E-state index contributed by atoms with van der Waals surface area (Å²) < 4.78 is 43.9. The first kappa shape index (κ1) is 23.1. The number of pyridine rings is 1. The number of alkyl halides is 3. The summed E-state index contributed by atoms with van der Waals surface area (Å²) in [6.07, 6.45) is -4.09. The summed E-state index contributed by atoms with van der Waals surface area (Å²) in [7, 11) is 0. The van der Waals surface area contributed by atoms with Crippen LogP contribution in [0.1, 0.15) is 34.1 Å². The zero-order valence-corrected chi connectivity index (χ0v) is 18.5. The fourth-order valence-corrected chi connectivity index (χ4v) is 4.40. The molecule has 2 aromatic carbocycles. The molecule has 2 aromatic heterocycles. The molecule has 0 bridgehead atoms. The van der Waals surface area contributed by atoms with E-state index in [1.807, 2.05) is 59.9 Å². The van der Waals surface area contributed by atoms with E-state index in [0.29, 0.717) is 30.0 Å². The van der Waals surface area contributed by atoms with Crippen LogP contribution in [0.15, 0.2) is 65.1 Å². The summed E-state index contributed by atoms with van der Waals surface area (Å²) in [5.74, 6) is -0.237. The van der Waals surface area contributed by atoms with Crippen LogP contribution in [0, 0.1) is 0 Å². The van der Waals surface area contributed by atoms with Crippen molar-refractivity contribution in [2.24, 2.45) is 0 Å². The van der Waals surface area contributed by atoms with Crippen LogP contribution in [0.5, 0.6) is 0 Å². The topological polar surface area (TPSA) is 87.4 Å². The molecule has 0 aliphatic carbocycles. The van der Waals surface area contributed by atoms with Crippen LogP contribution in [0.3, 0.4) is 0 Å². The Morgan fingerprint density at radius 1 is 1.11 bits per heavy atom. The first-order valence-electron chi connectivity index (χ1n) is 11.1. The van der Waals surface area contributed by atoms with Gasteiger partial charge in [0.15, 0.2) is 0 Å². The molecule has 4 aromatic rings. The molecular weight excluding hydrogens is 459 g/mol. The number of aliphatic hydroxyl groups is 1. The van der Waals surface area contributed by atoms with E-state index in [0.717, 1.165) is 27.7 Å². The number of para-hydroxylation sites is 1. The van der Waals surface area contributed by atoms with E-state index in [-0.39, 0.29) is 18.3 Å². The normalized spacial score (nSPS) is 15.4. The Morgan fingerprint density at radius 2 is 1.91 bits per heavy atom. The molecule has 1 unspecified atom stereocenters. The lowest BCUT2D eigenvalue weighted by molar-refractivity contribution is -0.123. The Morgan fingerprint density at radius 3 is 2.69 bits per heavy atom. The Labute approximate surface area is 198 Å². The van der Waals surface area contributed by atoms with Crippen LogP contribution in [0.25, 0.3) is 33.6 Å². The molecule has 9 heteroatoms. The van der Waals surface area contributed by atoms with E-state index in [9.17, 15) is 23.1 Å². The number of fused-ring (bicyclic) bond motifs is 2. The number of aromatic nitrogens is 1. The standard InChI is InChI=1S/C26H22F3N3O3/c27-26(28,29)14-31-25(34)20-11-18-13-30-19(8-9-33)23(18)24(32-20)17-6-3-5-15(10-17)22-12-16-4-1-2-7-21(16)35-22/h1-7,10-12,19,30,33H,8-9,13-14H2,(H,31,34). The van der Waals surface area contributed by atoms with E-state index >= 15 is 0 Å². The number of hydrogen-bond donors (Lipinski definition) is 3. The lowest BCUT2D eigenvalue weighted by atomic mass is 9.95. The van der Waals surface area contributed by atoms with E-state index in [2.05, 4.69) is 10.3 Å². The van der Waals surface area contributed by atoms with Gasteiger partial charge < -0.3 is 20.2 Å². The molecule has 0 saturated heterocycles. The SMILES string of the molecule is O=C(NCC(F)(F)F)c1cc2c(c(-c3cccc(-c4cc5ccccc5o4)c3)n1)C(CCO)NC2. The van der Waals surface area contributed by atoms with E-state index in [1.54, 1.807) is 0 Å². The molecule has 0 spiro atoms. The Kier molecular flexibility index (Phi) is 6.04. The van der Waals surface area contributed by atoms with Gasteiger partial charge in [-0.15, -0.1) is 0 Å². The maximum Gasteiger partial charge on any atom is 0.405 e. The molecule has 0 radical (unpaired) electrons. The van der Waals surface area contributed by atoms with Crippen LogP contribution in [0.4, 0.5) is 13.2 Å². The van der Waals surface area contributed by atoms with Crippen LogP contribution < -0.4 is 10.6 Å². The summed E-state index contributed by atoms with van der Waals surface area (Å²) in [5.41, 5.74) is 4.22. The number of carbonyl (C=O) groups is 1. The molecule has 0 fully saturated rings. The quantitative estimate of drug-likeness (QED) is 0.362. The highest BCUT2D eigenvalue weighted by Crippen LogP contribution is 2.38. The lowest BCUT2D eigenvalue weighted by Crippen LogP contribution is -2.34. The van der Waals surface area contributed by atoms with Crippen LogP contribution in [-0.4, -0.2) is 35.3 Å². The summed E-state index contributed by atoms with van der Waals surface area (Å²) in [5, 5.41) is 15.7. The smallest absolute Gasteiger partial charge is 0.405 e. The van der Waals surface area contributed by atoms with Gasteiger partial charge >= 0.3 is 6.18 Å². The van der Waals surface area contributed by atoms with Crippen LogP contribution >= 0.6 is 0 Å². The summed E-state index contributed by atoms with van der Waals surface area (Å²) in [6, 6.07) is 18.3. The highest BCUT2D eigenvalue weighted by molar-refractivity contribution is 5.93. The van der Waals surface area contributed by atoms with Crippen molar-refractivity contribution in [3.63, 3.8) is 0 Å². The largest absolute Gasteiger partial charge is 0.456 e. The maximum atomic E-state index is 12.6. The van der Waals surface area contributed by atoms with Crippen molar-refractivity contribution < 1.29 is 27.5 Å². The number of aliphatic hydroxyl groups excluding tert-OH is 1. The van der Waals surface area contributed by atoms with Gasteiger partial charge in [0, 0.05) is 35.7 Å². The Balaban J connectivity index is 1.58. The first-order chi connectivity index (χ1) is 16.8. The average molecular weight is 481 g/mol. The maximum absolute atomic E-state index is 12.6. The van der Waals surface area contributed by atoms with Gasteiger partial charge in [-0.2, -0.15) is 13.2 Å². The second-order valence-corrected chi connectivity index (χ2v) is 8.40. The van der Waals surface area contributed by atoms with Gasteiger partial charge in [-0.25, -0.2) is 4.98 Å². The molecule has 1 atom stereocenters. The van der Waals surface area contributed by atoms with Gasteiger partial charge in [0.1, 0.15) is 23.6 Å². The number of nitrogens with zero attached hydrogens (tertiary/aromatic N) is 1. The van der Waals surface area contributed by atoms with Gasteiger partial charge in [0.25, 0.3) is 5.91 Å². The lowest BCUT2D eigenvalue weighted by Gasteiger charge is -2.16. The molecule has 0 saturated carbocycles. The highest BCUT2D eigenvalue weighted by atomic mass is 19.4. The second kappa shape index (κ2) is 9.16. The predicted molar refractivity (Wildman–Crippen MR) is 125 cm³/mol. The third-order valence-corrected chi connectivity index (χ3v) is 5.98. The number of nitrogens with one attached hydrogen (secondary N) is 2. The Bertz CT molecular complexity index is 1360. The Hall–Kier alpha value is -3.69. The number of halogens is 3. The van der Waals surface area contributed by atoms with Gasteiger partial charge in [0.05, 0.1) is 5.69 Å². The zero-order chi connectivity index (χ0) is 24.6. The van der Waals surface area contributed by atoms with Crippen molar-refractivity contribution in [3.8, 4) is 22.6 Å². The van der Waals surface area contributed by atoms with E-state index in [4.69, 9.17) is 4.42 Å². The molecule has 35 heavy (non-hydrogen) atoms. The van der Waals surface area contributed by atoms with Gasteiger partial charge in [-0.3, -0.25) is 4.79 Å². The molecule has 1 amide bonds. The summed E-state index contributed by atoms with van der Waals surface area (Å²) >= 11 is 0. The van der Waals surface area contributed by atoms with Gasteiger partial charge in [0.2, 0.25) is 0 Å². The third kappa shape index (κ3) is 4.78. The van der Waals surface area contributed by atoms with Crippen LogP contribution in [-0.2, 0) is 6.54 Å². The van der Waals surface area contributed by atoms with Crippen molar-refractivity contribution in [1.82, 2.24) is 15.6 Å². The number of carbonyl (C=O) groups excluding carboxylic acids is 1. The molecule has 3 heterocycles. The zero-order valence-electron chi connectivity index (χ0n) is 18.5. The summed E-state index contributed by atoms with van der Waals surface area (Å²) in [4.78, 5) is 17.0. The van der Waals surface area contributed by atoms with Gasteiger partial charge in [-0.1, -0.05) is 36.4 Å². The van der Waals surface area contributed by atoms with Crippen molar-refractivity contribution in [1.29, 1.82) is 0 Å². The summed E-state index contributed by atoms with van der Waals surface area (Å²) in [6.45, 7) is -1.07. The number of hydrogen-bond acceptors (Lipinski definition) is 5. The van der Waals surface area contributed by atoms with Gasteiger partial charge in [-0.05, 0) is 41.8 Å². The third-order valence-electron chi connectivity index (χ3n) is 5.98. The minimum absolute atomic E-state index is 0.0522. The monoisotopic (exact) mass is 481 g/mol. The molecule has 6 nitrogen and oxygen atoms in total. The molecule has 5 rings (SSSR count).